The monoisotopic (exact) mass is 236 g/mol. The summed E-state index contributed by atoms with van der Waals surface area (Å²) in [5.41, 5.74) is 0. The van der Waals surface area contributed by atoms with Crippen molar-refractivity contribution in [3.63, 3.8) is 0 Å². The molecule has 0 aromatic carbocycles. The first kappa shape index (κ1) is 13.8. The van der Waals surface area contributed by atoms with Crippen LogP contribution in [0.3, 0.4) is 0 Å². The van der Waals surface area contributed by atoms with Crippen LogP contribution in [0.25, 0.3) is 0 Å². The number of unbranched alkanes of at least 4 members (excludes halogenated alkanes) is 1. The molecule has 0 spiro atoms. The van der Waals surface area contributed by atoms with Gasteiger partial charge in [-0.25, -0.2) is 0 Å². The van der Waals surface area contributed by atoms with Gasteiger partial charge in [-0.05, 0) is 6.42 Å². The fourth-order valence-electron chi connectivity index (χ4n) is 1.64. The minimum Gasteiger partial charge on any atom is -0.394 e. The second kappa shape index (κ2) is 6.48. The van der Waals surface area contributed by atoms with Gasteiger partial charge in [-0.3, -0.25) is 0 Å². The van der Waals surface area contributed by atoms with Gasteiger partial charge in [0.2, 0.25) is 0 Å². The molecule has 0 radical (unpaired) electrons. The summed E-state index contributed by atoms with van der Waals surface area (Å²) >= 11 is 0. The van der Waals surface area contributed by atoms with E-state index in [1.807, 2.05) is 6.92 Å². The number of aliphatic hydroxyl groups excluding tert-OH is 4. The SMILES string of the molecule is CCCCOC1C(CO)OC(O)C(O)C1O. The summed E-state index contributed by atoms with van der Waals surface area (Å²) in [5.74, 6) is 0. The molecular weight excluding hydrogens is 216 g/mol. The highest BCUT2D eigenvalue weighted by Gasteiger charge is 2.44. The minimum atomic E-state index is -1.49. The molecule has 0 saturated carbocycles. The summed E-state index contributed by atoms with van der Waals surface area (Å²) in [7, 11) is 0. The lowest BCUT2D eigenvalue weighted by atomic mass is 9.99. The van der Waals surface area contributed by atoms with Crippen LogP contribution in [0.15, 0.2) is 0 Å². The van der Waals surface area contributed by atoms with Gasteiger partial charge in [0.15, 0.2) is 6.29 Å². The first-order valence-corrected chi connectivity index (χ1v) is 5.54. The van der Waals surface area contributed by atoms with E-state index in [-0.39, 0.29) is 6.61 Å². The van der Waals surface area contributed by atoms with Gasteiger partial charge in [0.25, 0.3) is 0 Å². The van der Waals surface area contributed by atoms with E-state index in [1.54, 1.807) is 0 Å². The number of ether oxygens (including phenoxy) is 2. The van der Waals surface area contributed by atoms with Crippen molar-refractivity contribution >= 4 is 0 Å². The van der Waals surface area contributed by atoms with E-state index in [9.17, 15) is 15.3 Å². The molecule has 0 aromatic rings. The summed E-state index contributed by atoms with van der Waals surface area (Å²) < 4.78 is 10.3. The quantitative estimate of drug-likeness (QED) is 0.438. The summed E-state index contributed by atoms with van der Waals surface area (Å²) in [6.07, 6.45) is -4.01. The first-order chi connectivity index (χ1) is 7.61. The third kappa shape index (κ3) is 3.13. The fraction of sp³-hybridized carbons (Fsp3) is 1.00. The molecule has 0 aromatic heterocycles. The minimum absolute atomic E-state index is 0.377. The van der Waals surface area contributed by atoms with Gasteiger partial charge in [0.1, 0.15) is 24.4 Å². The zero-order valence-electron chi connectivity index (χ0n) is 9.32. The molecule has 5 unspecified atom stereocenters. The largest absolute Gasteiger partial charge is 0.394 e. The van der Waals surface area contributed by atoms with Crippen LogP contribution < -0.4 is 0 Å². The van der Waals surface area contributed by atoms with E-state index in [0.29, 0.717) is 6.61 Å². The van der Waals surface area contributed by atoms with Crippen molar-refractivity contribution in [2.24, 2.45) is 0 Å². The van der Waals surface area contributed by atoms with E-state index in [2.05, 4.69) is 0 Å². The normalized spacial score (nSPS) is 39.9. The van der Waals surface area contributed by atoms with Crippen LogP contribution in [-0.4, -0.2) is 64.3 Å². The van der Waals surface area contributed by atoms with Crippen molar-refractivity contribution in [1.82, 2.24) is 0 Å². The fourth-order valence-corrected chi connectivity index (χ4v) is 1.64. The number of hydrogen-bond acceptors (Lipinski definition) is 6. The van der Waals surface area contributed by atoms with Gasteiger partial charge in [0.05, 0.1) is 6.61 Å². The summed E-state index contributed by atoms with van der Waals surface area (Å²) in [6, 6.07) is 0. The topological polar surface area (TPSA) is 99.4 Å². The Bertz CT molecular complexity index is 198. The molecule has 5 atom stereocenters. The Morgan fingerprint density at radius 1 is 1.19 bits per heavy atom. The van der Waals surface area contributed by atoms with Crippen LogP contribution in [0.2, 0.25) is 0 Å². The Morgan fingerprint density at radius 2 is 1.88 bits per heavy atom. The van der Waals surface area contributed by atoms with Gasteiger partial charge in [-0.1, -0.05) is 13.3 Å². The Morgan fingerprint density at radius 3 is 2.44 bits per heavy atom. The van der Waals surface area contributed by atoms with E-state index in [1.165, 1.54) is 0 Å². The van der Waals surface area contributed by atoms with Gasteiger partial charge in [-0.15, -0.1) is 0 Å². The molecule has 16 heavy (non-hydrogen) atoms. The van der Waals surface area contributed by atoms with Crippen LogP contribution in [-0.2, 0) is 9.47 Å². The predicted octanol–water partition coefficient (Wildman–Crippen LogP) is -1.40. The van der Waals surface area contributed by atoms with Gasteiger partial charge < -0.3 is 29.9 Å². The molecule has 1 heterocycles. The number of rotatable bonds is 5. The summed E-state index contributed by atoms with van der Waals surface area (Å²) in [5, 5.41) is 37.4. The lowest BCUT2D eigenvalue weighted by molar-refractivity contribution is -0.294. The molecular formula is C10H20O6. The van der Waals surface area contributed by atoms with Crippen LogP contribution in [0, 0.1) is 0 Å². The Labute approximate surface area is 94.4 Å². The molecule has 0 aliphatic carbocycles. The molecule has 1 fully saturated rings. The maximum atomic E-state index is 9.68. The van der Waals surface area contributed by atoms with E-state index < -0.39 is 30.7 Å². The smallest absolute Gasteiger partial charge is 0.184 e. The number of aliphatic hydroxyl groups is 4. The van der Waals surface area contributed by atoms with Crippen molar-refractivity contribution in [2.45, 2.75) is 50.5 Å². The third-order valence-corrected chi connectivity index (χ3v) is 2.65. The lowest BCUT2D eigenvalue weighted by Crippen LogP contribution is -2.59. The summed E-state index contributed by atoms with van der Waals surface area (Å²) in [6.45, 7) is 2.04. The zero-order chi connectivity index (χ0) is 12.1. The van der Waals surface area contributed by atoms with Crippen LogP contribution in [0.1, 0.15) is 19.8 Å². The maximum Gasteiger partial charge on any atom is 0.184 e. The average molecular weight is 236 g/mol. The highest BCUT2D eigenvalue weighted by Crippen LogP contribution is 2.22. The molecule has 1 rings (SSSR count). The molecule has 1 aliphatic rings. The van der Waals surface area contributed by atoms with Gasteiger partial charge in [0, 0.05) is 6.61 Å². The standard InChI is InChI=1S/C10H20O6/c1-2-3-4-15-9-6(5-11)16-10(14)8(13)7(9)12/h6-14H,2-5H2,1H3. The van der Waals surface area contributed by atoms with Crippen LogP contribution in [0.5, 0.6) is 0 Å². The second-order valence-electron chi connectivity index (χ2n) is 3.92. The molecule has 1 saturated heterocycles. The van der Waals surface area contributed by atoms with Crippen molar-refractivity contribution in [3.05, 3.63) is 0 Å². The molecule has 0 amide bonds. The molecule has 6 nitrogen and oxygen atoms in total. The second-order valence-corrected chi connectivity index (χ2v) is 3.92. The predicted molar refractivity (Wildman–Crippen MR) is 54.6 cm³/mol. The maximum absolute atomic E-state index is 9.68. The highest BCUT2D eigenvalue weighted by molar-refractivity contribution is 4.89. The highest BCUT2D eigenvalue weighted by atomic mass is 16.6. The number of hydrogen-bond donors (Lipinski definition) is 4. The molecule has 0 bridgehead atoms. The first-order valence-electron chi connectivity index (χ1n) is 5.54. The van der Waals surface area contributed by atoms with Crippen molar-refractivity contribution in [3.8, 4) is 0 Å². The zero-order valence-corrected chi connectivity index (χ0v) is 9.32. The molecule has 4 N–H and O–H groups in total. The lowest BCUT2D eigenvalue weighted by Gasteiger charge is -2.39. The Kier molecular flexibility index (Phi) is 5.60. The van der Waals surface area contributed by atoms with Crippen LogP contribution in [0.4, 0.5) is 0 Å². The van der Waals surface area contributed by atoms with Gasteiger partial charge in [-0.2, -0.15) is 0 Å². The van der Waals surface area contributed by atoms with E-state index in [0.717, 1.165) is 12.8 Å². The Balaban J connectivity index is 2.55. The Hall–Kier alpha value is -0.240. The van der Waals surface area contributed by atoms with Crippen LogP contribution >= 0.6 is 0 Å². The molecule has 6 heteroatoms. The van der Waals surface area contributed by atoms with Crippen molar-refractivity contribution < 1.29 is 29.9 Å². The van der Waals surface area contributed by atoms with Crippen molar-refractivity contribution in [1.29, 1.82) is 0 Å². The van der Waals surface area contributed by atoms with E-state index >= 15 is 0 Å². The summed E-state index contributed by atoms with van der Waals surface area (Å²) in [4.78, 5) is 0. The van der Waals surface area contributed by atoms with E-state index in [4.69, 9.17) is 14.6 Å². The molecule has 1 aliphatic heterocycles. The molecule has 96 valence electrons. The average Bonchev–Trinajstić information content (AvgIpc) is 2.29. The third-order valence-electron chi connectivity index (χ3n) is 2.65. The van der Waals surface area contributed by atoms with Crippen molar-refractivity contribution in [2.75, 3.05) is 13.2 Å². The van der Waals surface area contributed by atoms with Gasteiger partial charge >= 0.3 is 0 Å².